The lowest BCUT2D eigenvalue weighted by molar-refractivity contribution is 0.534. The minimum absolute atomic E-state index is 0.0462. The summed E-state index contributed by atoms with van der Waals surface area (Å²) in [5, 5.41) is 7.06. The Balaban J connectivity index is 2.34. The van der Waals surface area contributed by atoms with Crippen LogP contribution in [-0.2, 0) is 0 Å². The number of benzene rings is 1. The average molecular weight is 265 g/mol. The monoisotopic (exact) mass is 265 g/mol. The summed E-state index contributed by atoms with van der Waals surface area (Å²) >= 11 is 1.37. The Labute approximate surface area is 108 Å². The van der Waals surface area contributed by atoms with Crippen molar-refractivity contribution in [3.8, 4) is 0 Å². The number of hydrogen-bond donors (Lipinski definition) is 3. The number of hydrogen-bond acceptors (Lipinski definition) is 5. The van der Waals surface area contributed by atoms with Gasteiger partial charge in [-0.1, -0.05) is 0 Å². The SMILES string of the molecule is CC(C)n1c(Sc2ccc(N)c(N)c2)n[nH]c1=O. The predicted octanol–water partition coefficient (Wildman–Crippen LogP) is 1.47. The molecule has 0 atom stereocenters. The summed E-state index contributed by atoms with van der Waals surface area (Å²) in [5.41, 5.74) is 12.2. The van der Waals surface area contributed by atoms with Gasteiger partial charge in [0.1, 0.15) is 0 Å². The van der Waals surface area contributed by atoms with E-state index in [-0.39, 0.29) is 11.7 Å². The topological polar surface area (TPSA) is 103 Å². The number of H-pyrrole nitrogens is 1. The lowest BCUT2D eigenvalue weighted by Gasteiger charge is -2.09. The molecular formula is C11H15N5OS. The molecular weight excluding hydrogens is 250 g/mol. The van der Waals surface area contributed by atoms with Gasteiger partial charge >= 0.3 is 5.69 Å². The Morgan fingerprint density at radius 1 is 1.33 bits per heavy atom. The Morgan fingerprint density at radius 3 is 2.67 bits per heavy atom. The fourth-order valence-corrected chi connectivity index (χ4v) is 2.56. The van der Waals surface area contributed by atoms with Crippen LogP contribution in [-0.4, -0.2) is 14.8 Å². The van der Waals surface area contributed by atoms with E-state index in [9.17, 15) is 4.79 Å². The number of anilines is 2. The molecule has 0 saturated heterocycles. The first-order chi connectivity index (χ1) is 8.49. The van der Waals surface area contributed by atoms with E-state index in [1.54, 1.807) is 16.7 Å². The summed E-state index contributed by atoms with van der Waals surface area (Å²) < 4.78 is 1.59. The molecule has 0 aliphatic rings. The zero-order valence-electron chi connectivity index (χ0n) is 10.2. The van der Waals surface area contributed by atoms with Crippen LogP contribution in [0.15, 0.2) is 33.0 Å². The van der Waals surface area contributed by atoms with Gasteiger partial charge in [0.2, 0.25) is 0 Å². The Hall–Kier alpha value is -1.89. The fourth-order valence-electron chi connectivity index (χ4n) is 1.54. The van der Waals surface area contributed by atoms with Crippen LogP contribution in [0, 0.1) is 0 Å². The molecule has 0 bridgehead atoms. The van der Waals surface area contributed by atoms with Crippen LogP contribution in [0.2, 0.25) is 0 Å². The van der Waals surface area contributed by atoms with Gasteiger partial charge in [-0.15, -0.1) is 5.10 Å². The maximum atomic E-state index is 11.6. The minimum Gasteiger partial charge on any atom is -0.397 e. The highest BCUT2D eigenvalue weighted by Crippen LogP contribution is 2.29. The van der Waals surface area contributed by atoms with Gasteiger partial charge in [-0.2, -0.15) is 0 Å². The largest absolute Gasteiger partial charge is 0.397 e. The molecule has 1 aromatic carbocycles. The van der Waals surface area contributed by atoms with Gasteiger partial charge in [-0.25, -0.2) is 9.89 Å². The van der Waals surface area contributed by atoms with Crippen molar-refractivity contribution in [3.05, 3.63) is 28.7 Å². The van der Waals surface area contributed by atoms with Crippen LogP contribution in [0.1, 0.15) is 19.9 Å². The van der Waals surface area contributed by atoms with Crippen molar-refractivity contribution in [3.63, 3.8) is 0 Å². The van der Waals surface area contributed by atoms with Gasteiger partial charge in [0, 0.05) is 10.9 Å². The van der Waals surface area contributed by atoms with Gasteiger partial charge in [-0.05, 0) is 43.8 Å². The molecule has 0 aliphatic heterocycles. The second kappa shape index (κ2) is 4.77. The quantitative estimate of drug-likeness (QED) is 0.729. The normalized spacial score (nSPS) is 11.1. The lowest BCUT2D eigenvalue weighted by Crippen LogP contribution is -2.19. The van der Waals surface area contributed by atoms with E-state index in [2.05, 4.69) is 10.2 Å². The number of nitrogens with one attached hydrogen (secondary N) is 1. The average Bonchev–Trinajstić information content (AvgIpc) is 2.65. The summed E-state index contributed by atoms with van der Waals surface area (Å²) in [6, 6.07) is 5.40. The molecule has 6 nitrogen and oxygen atoms in total. The minimum atomic E-state index is -0.212. The van der Waals surface area contributed by atoms with E-state index in [1.165, 1.54) is 11.8 Å². The van der Waals surface area contributed by atoms with Crippen LogP contribution in [0.3, 0.4) is 0 Å². The van der Waals surface area contributed by atoms with Crippen LogP contribution >= 0.6 is 11.8 Å². The second-order valence-electron chi connectivity index (χ2n) is 4.17. The number of aromatic amines is 1. The highest BCUT2D eigenvalue weighted by Gasteiger charge is 2.12. The molecule has 1 aromatic heterocycles. The third-order valence-electron chi connectivity index (χ3n) is 2.46. The molecule has 0 aliphatic carbocycles. The Morgan fingerprint density at radius 2 is 2.06 bits per heavy atom. The molecule has 0 radical (unpaired) electrons. The Kier molecular flexibility index (Phi) is 3.33. The smallest absolute Gasteiger partial charge is 0.344 e. The molecule has 0 spiro atoms. The van der Waals surface area contributed by atoms with Crippen molar-refractivity contribution in [2.75, 3.05) is 11.5 Å². The maximum Gasteiger partial charge on any atom is 0.344 e. The van der Waals surface area contributed by atoms with Gasteiger partial charge in [-0.3, -0.25) is 4.57 Å². The van der Waals surface area contributed by atoms with Crippen LogP contribution in [0.5, 0.6) is 0 Å². The van der Waals surface area contributed by atoms with Crippen molar-refractivity contribution in [2.45, 2.75) is 29.9 Å². The Bertz CT molecular complexity index is 616. The molecule has 0 saturated carbocycles. The van der Waals surface area contributed by atoms with Crippen molar-refractivity contribution in [1.82, 2.24) is 14.8 Å². The first-order valence-corrected chi connectivity index (χ1v) is 6.30. The number of nitrogen functional groups attached to an aromatic ring is 2. The molecule has 1 heterocycles. The fraction of sp³-hybridized carbons (Fsp3) is 0.273. The summed E-state index contributed by atoms with van der Waals surface area (Å²) in [7, 11) is 0. The zero-order chi connectivity index (χ0) is 13.3. The van der Waals surface area contributed by atoms with Crippen molar-refractivity contribution >= 4 is 23.1 Å². The van der Waals surface area contributed by atoms with E-state index in [4.69, 9.17) is 11.5 Å². The number of nitrogens with two attached hydrogens (primary N) is 2. The van der Waals surface area contributed by atoms with Crippen molar-refractivity contribution in [2.24, 2.45) is 0 Å². The summed E-state index contributed by atoms with van der Waals surface area (Å²) in [6.07, 6.45) is 0. The zero-order valence-corrected chi connectivity index (χ0v) is 11.0. The maximum absolute atomic E-state index is 11.6. The molecule has 2 aromatic rings. The number of rotatable bonds is 3. The van der Waals surface area contributed by atoms with Gasteiger partial charge < -0.3 is 11.5 Å². The van der Waals surface area contributed by atoms with Crippen molar-refractivity contribution < 1.29 is 0 Å². The summed E-state index contributed by atoms with van der Waals surface area (Å²) in [4.78, 5) is 12.5. The van der Waals surface area contributed by atoms with Crippen LogP contribution < -0.4 is 17.2 Å². The van der Waals surface area contributed by atoms with E-state index in [0.29, 0.717) is 16.5 Å². The number of aromatic nitrogens is 3. The standard InChI is InChI=1S/C11H15N5OS/c1-6(2)16-10(17)14-15-11(16)18-7-3-4-8(12)9(13)5-7/h3-6H,12-13H2,1-2H3,(H,14,17). The summed E-state index contributed by atoms with van der Waals surface area (Å²) in [5.74, 6) is 0. The summed E-state index contributed by atoms with van der Waals surface area (Å²) in [6.45, 7) is 3.86. The van der Waals surface area contributed by atoms with E-state index in [0.717, 1.165) is 4.90 Å². The van der Waals surface area contributed by atoms with Crippen molar-refractivity contribution in [1.29, 1.82) is 0 Å². The van der Waals surface area contributed by atoms with Crippen LogP contribution in [0.25, 0.3) is 0 Å². The van der Waals surface area contributed by atoms with Gasteiger partial charge in [0.25, 0.3) is 0 Å². The van der Waals surface area contributed by atoms with Gasteiger partial charge in [0.15, 0.2) is 5.16 Å². The van der Waals surface area contributed by atoms with Crippen LogP contribution in [0.4, 0.5) is 11.4 Å². The molecule has 0 amide bonds. The van der Waals surface area contributed by atoms with Gasteiger partial charge in [0.05, 0.1) is 11.4 Å². The first-order valence-electron chi connectivity index (χ1n) is 5.49. The molecule has 18 heavy (non-hydrogen) atoms. The van der Waals surface area contributed by atoms with E-state index < -0.39 is 0 Å². The second-order valence-corrected chi connectivity index (χ2v) is 5.21. The highest BCUT2D eigenvalue weighted by molar-refractivity contribution is 7.99. The molecule has 5 N–H and O–H groups in total. The predicted molar refractivity (Wildman–Crippen MR) is 72.6 cm³/mol. The molecule has 0 fully saturated rings. The molecule has 7 heteroatoms. The van der Waals surface area contributed by atoms with E-state index in [1.807, 2.05) is 19.9 Å². The molecule has 0 unspecified atom stereocenters. The first kappa shape index (κ1) is 12.6. The number of nitrogens with zero attached hydrogens (tertiary/aromatic N) is 2. The molecule has 2 rings (SSSR count). The molecule has 96 valence electrons. The third kappa shape index (κ3) is 2.35. The highest BCUT2D eigenvalue weighted by atomic mass is 32.2. The lowest BCUT2D eigenvalue weighted by atomic mass is 10.3. The van der Waals surface area contributed by atoms with E-state index >= 15 is 0 Å². The third-order valence-corrected chi connectivity index (χ3v) is 3.42.